The van der Waals surface area contributed by atoms with Gasteiger partial charge in [0.1, 0.15) is 13.8 Å². The second kappa shape index (κ2) is 3.34. The van der Waals surface area contributed by atoms with Crippen LogP contribution in [0.15, 0.2) is 0 Å². The third kappa shape index (κ3) is 2.17. The van der Waals surface area contributed by atoms with E-state index in [-0.39, 0.29) is 5.54 Å². The maximum Gasteiger partial charge on any atom is 0.166 e. The first-order chi connectivity index (χ1) is 6.14. The number of nitrogens with zero attached hydrogens (tertiary/aromatic N) is 2. The Hall–Kier alpha value is -0.370. The summed E-state index contributed by atoms with van der Waals surface area (Å²) in [5.74, 6) is 0. The molecular formula is C12H25N2+. The van der Waals surface area contributed by atoms with E-state index in [2.05, 4.69) is 57.9 Å². The summed E-state index contributed by atoms with van der Waals surface area (Å²) in [5, 5.41) is 0. The molecule has 1 saturated heterocycles. The second-order valence-electron chi connectivity index (χ2n) is 6.21. The largest absolute Gasteiger partial charge is 0.287 e. The smallest absolute Gasteiger partial charge is 0.166 e. The van der Waals surface area contributed by atoms with Gasteiger partial charge in [-0.05, 0) is 34.6 Å². The molecule has 0 aromatic rings. The molecule has 0 aromatic carbocycles. The molecule has 0 unspecified atom stereocenters. The van der Waals surface area contributed by atoms with Crippen LogP contribution in [0.3, 0.4) is 0 Å². The number of likely N-dealkylation sites (N-methyl/N-ethyl adjacent to an activating group) is 1. The van der Waals surface area contributed by atoms with Gasteiger partial charge in [-0.3, -0.25) is 4.90 Å². The molecule has 1 atom stereocenters. The maximum absolute atomic E-state index is 4.01. The molecule has 2 nitrogen and oxygen atoms in total. The lowest BCUT2D eigenvalue weighted by molar-refractivity contribution is -0.526. The number of likely N-dealkylation sites (tertiary alicyclic amines) is 1. The summed E-state index contributed by atoms with van der Waals surface area (Å²) in [6, 6.07) is 0.601. The highest BCUT2D eigenvalue weighted by atomic mass is 15.3. The summed E-state index contributed by atoms with van der Waals surface area (Å²) in [4.78, 5) is 2.59. The van der Waals surface area contributed by atoms with Crippen molar-refractivity contribution >= 4 is 6.72 Å². The molecule has 1 aliphatic heterocycles. The summed E-state index contributed by atoms with van der Waals surface area (Å²) in [6.45, 7) is 16.7. The zero-order valence-electron chi connectivity index (χ0n) is 10.6. The summed E-state index contributed by atoms with van der Waals surface area (Å²) < 4.78 is 2.10. The summed E-state index contributed by atoms with van der Waals surface area (Å²) >= 11 is 0. The SMILES string of the molecule is C=[N+](C)[C@H]1CN(C(C)(C)C)C(C)(C)C1. The molecule has 1 rings (SSSR count). The van der Waals surface area contributed by atoms with Gasteiger partial charge in [0.05, 0.1) is 6.54 Å². The average Bonchev–Trinajstić information content (AvgIpc) is 2.24. The van der Waals surface area contributed by atoms with E-state index in [0.29, 0.717) is 11.6 Å². The Bertz CT molecular complexity index is 235. The molecule has 2 heteroatoms. The van der Waals surface area contributed by atoms with Crippen LogP contribution in [0.1, 0.15) is 41.0 Å². The third-order valence-electron chi connectivity index (χ3n) is 3.29. The van der Waals surface area contributed by atoms with Crippen molar-refractivity contribution in [1.82, 2.24) is 4.90 Å². The highest BCUT2D eigenvalue weighted by molar-refractivity contribution is 5.15. The fraction of sp³-hybridized carbons (Fsp3) is 0.917. The van der Waals surface area contributed by atoms with Crippen LogP contribution in [-0.2, 0) is 0 Å². The van der Waals surface area contributed by atoms with Crippen LogP contribution < -0.4 is 0 Å². The van der Waals surface area contributed by atoms with E-state index >= 15 is 0 Å². The van der Waals surface area contributed by atoms with Crippen molar-refractivity contribution in [2.45, 2.75) is 58.2 Å². The molecule has 82 valence electrons. The Labute approximate surface area is 88.6 Å². The quantitative estimate of drug-likeness (QED) is 0.460. The van der Waals surface area contributed by atoms with Gasteiger partial charge in [-0.15, -0.1) is 0 Å². The van der Waals surface area contributed by atoms with Crippen molar-refractivity contribution in [2.24, 2.45) is 0 Å². The van der Waals surface area contributed by atoms with Gasteiger partial charge in [0.2, 0.25) is 0 Å². The van der Waals surface area contributed by atoms with Crippen LogP contribution in [-0.4, -0.2) is 46.9 Å². The molecule has 0 radical (unpaired) electrons. The fourth-order valence-corrected chi connectivity index (χ4v) is 2.69. The first-order valence-corrected chi connectivity index (χ1v) is 5.46. The van der Waals surface area contributed by atoms with Gasteiger partial charge in [-0.25, -0.2) is 4.58 Å². The minimum atomic E-state index is 0.258. The van der Waals surface area contributed by atoms with Crippen LogP contribution in [0.25, 0.3) is 0 Å². The Morgan fingerprint density at radius 2 is 1.86 bits per heavy atom. The monoisotopic (exact) mass is 197 g/mol. The van der Waals surface area contributed by atoms with E-state index in [9.17, 15) is 0 Å². The summed E-state index contributed by atoms with van der Waals surface area (Å²) in [7, 11) is 2.08. The van der Waals surface area contributed by atoms with E-state index in [0.717, 1.165) is 6.54 Å². The molecule has 0 amide bonds. The number of hydrogen-bond acceptors (Lipinski definition) is 1. The highest BCUT2D eigenvalue weighted by Crippen LogP contribution is 2.35. The van der Waals surface area contributed by atoms with Crippen molar-refractivity contribution in [3.8, 4) is 0 Å². The standard InChI is InChI=1S/C12H25N2/c1-11(2,3)14-9-10(13(6)7)8-12(14,4)5/h10H,6,8-9H2,1-5,7H3/q+1/t10-/m1/s1. The molecule has 0 N–H and O–H groups in total. The van der Waals surface area contributed by atoms with E-state index in [1.807, 2.05) is 0 Å². The Morgan fingerprint density at radius 1 is 1.36 bits per heavy atom. The van der Waals surface area contributed by atoms with Gasteiger partial charge < -0.3 is 0 Å². The zero-order valence-corrected chi connectivity index (χ0v) is 10.6. The molecule has 0 spiro atoms. The summed E-state index contributed by atoms with van der Waals surface area (Å²) in [5.41, 5.74) is 0.559. The van der Waals surface area contributed by atoms with Gasteiger partial charge in [0.15, 0.2) is 6.04 Å². The maximum atomic E-state index is 4.01. The van der Waals surface area contributed by atoms with Crippen molar-refractivity contribution in [3.05, 3.63) is 0 Å². The van der Waals surface area contributed by atoms with Gasteiger partial charge in [0.25, 0.3) is 0 Å². The lowest BCUT2D eigenvalue weighted by Crippen LogP contribution is -2.50. The van der Waals surface area contributed by atoms with E-state index in [1.165, 1.54) is 6.42 Å². The van der Waals surface area contributed by atoms with Gasteiger partial charge in [0, 0.05) is 17.5 Å². The van der Waals surface area contributed by atoms with E-state index in [1.54, 1.807) is 0 Å². The topological polar surface area (TPSA) is 6.25 Å². The second-order valence-corrected chi connectivity index (χ2v) is 6.21. The van der Waals surface area contributed by atoms with Crippen LogP contribution in [0.2, 0.25) is 0 Å². The van der Waals surface area contributed by atoms with Crippen molar-refractivity contribution in [2.75, 3.05) is 13.6 Å². The van der Waals surface area contributed by atoms with E-state index in [4.69, 9.17) is 0 Å². The van der Waals surface area contributed by atoms with Crippen LogP contribution in [0.5, 0.6) is 0 Å². The van der Waals surface area contributed by atoms with E-state index < -0.39 is 0 Å². The number of rotatable bonds is 1. The summed E-state index contributed by atoms with van der Waals surface area (Å²) in [6.07, 6.45) is 1.21. The van der Waals surface area contributed by atoms with Crippen molar-refractivity contribution in [1.29, 1.82) is 0 Å². The number of hydrogen-bond donors (Lipinski definition) is 0. The van der Waals surface area contributed by atoms with Gasteiger partial charge >= 0.3 is 0 Å². The highest BCUT2D eigenvalue weighted by Gasteiger charge is 2.46. The third-order valence-corrected chi connectivity index (χ3v) is 3.29. The molecule has 14 heavy (non-hydrogen) atoms. The van der Waals surface area contributed by atoms with Crippen molar-refractivity contribution < 1.29 is 4.58 Å². The van der Waals surface area contributed by atoms with Crippen LogP contribution >= 0.6 is 0 Å². The minimum absolute atomic E-state index is 0.258. The van der Waals surface area contributed by atoms with Crippen LogP contribution in [0, 0.1) is 0 Å². The Morgan fingerprint density at radius 3 is 2.07 bits per heavy atom. The minimum Gasteiger partial charge on any atom is -0.287 e. The van der Waals surface area contributed by atoms with Crippen LogP contribution in [0.4, 0.5) is 0 Å². The lowest BCUT2D eigenvalue weighted by atomic mass is 9.95. The molecule has 0 aliphatic carbocycles. The zero-order chi connectivity index (χ0) is 11.1. The Balaban J connectivity index is 2.85. The van der Waals surface area contributed by atoms with Crippen molar-refractivity contribution in [3.63, 3.8) is 0 Å². The van der Waals surface area contributed by atoms with Gasteiger partial charge in [-0.2, -0.15) is 0 Å². The molecular weight excluding hydrogens is 172 g/mol. The lowest BCUT2D eigenvalue weighted by Gasteiger charge is -2.41. The predicted molar refractivity (Wildman–Crippen MR) is 62.2 cm³/mol. The molecule has 1 aliphatic rings. The van der Waals surface area contributed by atoms with Gasteiger partial charge in [-0.1, -0.05) is 0 Å². The first-order valence-electron chi connectivity index (χ1n) is 5.46. The molecule has 0 bridgehead atoms. The fourth-order valence-electron chi connectivity index (χ4n) is 2.69. The first kappa shape index (κ1) is 11.7. The molecule has 1 fully saturated rings. The average molecular weight is 197 g/mol. The molecule has 0 saturated carbocycles. The molecule has 1 heterocycles. The predicted octanol–water partition coefficient (Wildman–Crippen LogP) is 1.98. The normalized spacial score (nSPS) is 28.0. The molecule has 0 aromatic heterocycles. The Kier molecular flexibility index (Phi) is 2.79.